The van der Waals surface area contributed by atoms with Gasteiger partial charge in [-0.15, -0.1) is 0 Å². The molecule has 0 spiro atoms. The van der Waals surface area contributed by atoms with Crippen molar-refractivity contribution in [1.82, 2.24) is 20.4 Å². The van der Waals surface area contributed by atoms with Crippen LogP contribution in [0.5, 0.6) is 0 Å². The van der Waals surface area contributed by atoms with Gasteiger partial charge in [0, 0.05) is 6.42 Å². The molecular formula is C15H28N4O. The smallest absolute Gasteiger partial charge is 0.240 e. The van der Waals surface area contributed by atoms with Crippen LogP contribution in [0.1, 0.15) is 51.2 Å². The maximum Gasteiger partial charge on any atom is 0.240 e. The van der Waals surface area contributed by atoms with Crippen molar-refractivity contribution in [2.24, 2.45) is 5.92 Å². The largest absolute Gasteiger partial charge is 0.338 e. The van der Waals surface area contributed by atoms with E-state index in [0.717, 1.165) is 63.2 Å². The zero-order chi connectivity index (χ0) is 14.2. The Labute approximate surface area is 122 Å². The molecule has 5 nitrogen and oxygen atoms in total. The van der Waals surface area contributed by atoms with Crippen molar-refractivity contribution in [2.45, 2.75) is 52.5 Å². The normalized spacial score (nSPS) is 17.7. The molecule has 5 heteroatoms. The summed E-state index contributed by atoms with van der Waals surface area (Å²) in [7, 11) is 0. The van der Waals surface area contributed by atoms with Crippen molar-refractivity contribution in [1.29, 1.82) is 0 Å². The van der Waals surface area contributed by atoms with Crippen molar-refractivity contribution in [3.8, 4) is 0 Å². The zero-order valence-electron chi connectivity index (χ0n) is 12.9. The minimum absolute atomic E-state index is 0.779. The number of rotatable bonds is 8. The Bertz CT molecular complexity index is 372. The number of nitrogens with zero attached hydrogens (tertiary/aromatic N) is 3. The predicted molar refractivity (Wildman–Crippen MR) is 79.5 cm³/mol. The lowest BCUT2D eigenvalue weighted by atomic mass is 9.97. The molecule has 2 rings (SSSR count). The highest BCUT2D eigenvalue weighted by atomic mass is 16.5. The minimum atomic E-state index is 0.779. The van der Waals surface area contributed by atoms with Gasteiger partial charge in [0.15, 0.2) is 5.82 Å². The molecule has 1 aromatic heterocycles. The van der Waals surface area contributed by atoms with Gasteiger partial charge in [0.25, 0.3) is 0 Å². The maximum atomic E-state index is 5.34. The highest BCUT2D eigenvalue weighted by molar-refractivity contribution is 4.87. The average molecular weight is 280 g/mol. The fraction of sp³-hybridized carbons (Fsp3) is 0.867. The van der Waals surface area contributed by atoms with E-state index in [1.165, 1.54) is 19.3 Å². The summed E-state index contributed by atoms with van der Waals surface area (Å²) in [4.78, 5) is 6.91. The number of likely N-dealkylation sites (tertiary alicyclic amines) is 1. The Hall–Kier alpha value is -0.940. The third kappa shape index (κ3) is 4.87. The highest BCUT2D eigenvalue weighted by Crippen LogP contribution is 2.18. The summed E-state index contributed by atoms with van der Waals surface area (Å²) < 4.78 is 5.34. The molecule has 1 N–H and O–H groups in total. The molecule has 20 heavy (non-hydrogen) atoms. The molecule has 2 heterocycles. The molecule has 0 aromatic carbocycles. The Morgan fingerprint density at radius 2 is 2.10 bits per heavy atom. The second-order valence-corrected chi connectivity index (χ2v) is 5.74. The summed E-state index contributed by atoms with van der Waals surface area (Å²) in [5, 5.41) is 7.50. The molecule has 0 unspecified atom stereocenters. The van der Waals surface area contributed by atoms with Crippen LogP contribution in [0.3, 0.4) is 0 Å². The first-order chi connectivity index (χ1) is 9.81. The summed E-state index contributed by atoms with van der Waals surface area (Å²) >= 11 is 0. The van der Waals surface area contributed by atoms with Gasteiger partial charge in [0.05, 0.1) is 6.54 Å². The molecule has 0 bridgehead atoms. The molecule has 0 atom stereocenters. The second kappa shape index (κ2) is 8.37. The van der Waals surface area contributed by atoms with Crippen molar-refractivity contribution in [3.63, 3.8) is 0 Å². The molecule has 1 aliphatic rings. The lowest BCUT2D eigenvalue weighted by Gasteiger charge is -2.30. The topological polar surface area (TPSA) is 54.2 Å². The number of piperidine rings is 1. The number of nitrogens with one attached hydrogen (secondary N) is 1. The first-order valence-corrected chi connectivity index (χ1v) is 8.06. The van der Waals surface area contributed by atoms with Crippen LogP contribution in [-0.2, 0) is 13.0 Å². The number of hydrogen-bond acceptors (Lipinski definition) is 5. The fourth-order valence-corrected chi connectivity index (χ4v) is 2.68. The van der Waals surface area contributed by atoms with Crippen molar-refractivity contribution in [2.75, 3.05) is 26.2 Å². The number of hydrogen-bond donors (Lipinski definition) is 1. The van der Waals surface area contributed by atoms with Gasteiger partial charge in [-0.25, -0.2) is 0 Å². The molecule has 1 aliphatic heterocycles. The Morgan fingerprint density at radius 3 is 2.80 bits per heavy atom. The van der Waals surface area contributed by atoms with E-state index in [-0.39, 0.29) is 0 Å². The fourth-order valence-electron chi connectivity index (χ4n) is 2.68. The first-order valence-electron chi connectivity index (χ1n) is 8.06. The highest BCUT2D eigenvalue weighted by Gasteiger charge is 2.20. The van der Waals surface area contributed by atoms with Crippen LogP contribution in [0, 0.1) is 5.92 Å². The van der Waals surface area contributed by atoms with E-state index in [0.29, 0.717) is 0 Å². The van der Waals surface area contributed by atoms with Gasteiger partial charge in [-0.1, -0.05) is 25.4 Å². The monoisotopic (exact) mass is 280 g/mol. The van der Waals surface area contributed by atoms with Crippen LogP contribution in [-0.4, -0.2) is 41.2 Å². The summed E-state index contributed by atoms with van der Waals surface area (Å²) in [5.74, 6) is 2.47. The van der Waals surface area contributed by atoms with Crippen molar-refractivity contribution in [3.05, 3.63) is 11.7 Å². The lowest BCUT2D eigenvalue weighted by molar-refractivity contribution is 0.158. The van der Waals surface area contributed by atoms with Crippen LogP contribution in [0.4, 0.5) is 0 Å². The van der Waals surface area contributed by atoms with E-state index in [1.54, 1.807) is 0 Å². The van der Waals surface area contributed by atoms with Gasteiger partial charge in [-0.3, -0.25) is 4.90 Å². The van der Waals surface area contributed by atoms with Gasteiger partial charge in [0.1, 0.15) is 0 Å². The van der Waals surface area contributed by atoms with Crippen LogP contribution >= 0.6 is 0 Å². The SMILES string of the molecule is CCCCc1noc(CN2CCC(CNCC)CC2)n1. The van der Waals surface area contributed by atoms with Gasteiger partial charge in [-0.05, 0) is 51.4 Å². The molecule has 114 valence electrons. The average Bonchev–Trinajstić information content (AvgIpc) is 2.92. The third-order valence-electron chi connectivity index (χ3n) is 4.01. The summed E-state index contributed by atoms with van der Waals surface area (Å²) in [6.07, 6.45) is 5.77. The van der Waals surface area contributed by atoms with E-state index >= 15 is 0 Å². The van der Waals surface area contributed by atoms with Crippen molar-refractivity contribution < 1.29 is 4.52 Å². The number of aryl methyl sites for hydroxylation is 1. The maximum absolute atomic E-state index is 5.34. The molecule has 0 saturated carbocycles. The Kier molecular flexibility index (Phi) is 6.47. The zero-order valence-corrected chi connectivity index (χ0v) is 12.9. The molecule has 1 saturated heterocycles. The van der Waals surface area contributed by atoms with E-state index in [1.807, 2.05) is 0 Å². The number of aromatic nitrogens is 2. The molecule has 1 fully saturated rings. The Balaban J connectivity index is 1.70. The summed E-state index contributed by atoms with van der Waals surface area (Å²) in [5.41, 5.74) is 0. The van der Waals surface area contributed by atoms with E-state index in [4.69, 9.17) is 4.52 Å². The molecule has 0 radical (unpaired) electrons. The van der Waals surface area contributed by atoms with Gasteiger partial charge in [-0.2, -0.15) is 4.98 Å². The molecular weight excluding hydrogens is 252 g/mol. The molecule has 0 aliphatic carbocycles. The second-order valence-electron chi connectivity index (χ2n) is 5.74. The van der Waals surface area contributed by atoms with Crippen LogP contribution in [0.2, 0.25) is 0 Å². The first kappa shape index (κ1) is 15.4. The van der Waals surface area contributed by atoms with Gasteiger partial charge < -0.3 is 9.84 Å². The summed E-state index contributed by atoms with van der Waals surface area (Å²) in [6, 6.07) is 0. The Morgan fingerprint density at radius 1 is 1.30 bits per heavy atom. The quantitative estimate of drug-likeness (QED) is 0.791. The molecule has 1 aromatic rings. The van der Waals surface area contributed by atoms with Gasteiger partial charge in [0.2, 0.25) is 5.89 Å². The lowest BCUT2D eigenvalue weighted by Crippen LogP contribution is -2.36. The van der Waals surface area contributed by atoms with Crippen LogP contribution in [0.15, 0.2) is 4.52 Å². The van der Waals surface area contributed by atoms with Crippen LogP contribution < -0.4 is 5.32 Å². The van der Waals surface area contributed by atoms with Gasteiger partial charge >= 0.3 is 0 Å². The third-order valence-corrected chi connectivity index (χ3v) is 4.01. The van der Waals surface area contributed by atoms with E-state index < -0.39 is 0 Å². The minimum Gasteiger partial charge on any atom is -0.338 e. The number of unbranched alkanes of at least 4 members (excludes halogenated alkanes) is 1. The van der Waals surface area contributed by atoms with E-state index in [2.05, 4.69) is 34.2 Å². The predicted octanol–water partition coefficient (Wildman–Crippen LogP) is 2.23. The standard InChI is InChI=1S/C15H28N4O/c1-3-5-6-14-17-15(20-18-14)12-19-9-7-13(8-10-19)11-16-4-2/h13,16H,3-12H2,1-2H3. The van der Waals surface area contributed by atoms with Crippen molar-refractivity contribution >= 4 is 0 Å². The summed E-state index contributed by atoms with van der Waals surface area (Å²) in [6.45, 7) is 9.67. The van der Waals surface area contributed by atoms with E-state index in [9.17, 15) is 0 Å². The van der Waals surface area contributed by atoms with Crippen LogP contribution in [0.25, 0.3) is 0 Å². The molecule has 0 amide bonds.